The van der Waals surface area contributed by atoms with Crippen LogP contribution in [-0.4, -0.2) is 16.6 Å². The van der Waals surface area contributed by atoms with Gasteiger partial charge in [0.2, 0.25) is 6.79 Å². The van der Waals surface area contributed by atoms with Crippen LogP contribution in [0.5, 0.6) is 11.5 Å². The number of nitrogens with zero attached hydrogens (tertiary/aromatic N) is 2. The average molecular weight is 295 g/mol. The smallest absolute Gasteiger partial charge is 0.231 e. The molecule has 0 aliphatic carbocycles. The molecule has 0 unspecified atom stereocenters. The molecule has 2 heterocycles. The lowest BCUT2D eigenvalue weighted by molar-refractivity contribution is 0.106. The Labute approximate surface area is 122 Å². The van der Waals surface area contributed by atoms with Crippen LogP contribution in [0.1, 0.15) is 16.8 Å². The molecule has 0 N–H and O–H groups in total. The van der Waals surface area contributed by atoms with Crippen LogP contribution >= 0.6 is 11.6 Å². The summed E-state index contributed by atoms with van der Waals surface area (Å²) in [7, 11) is 1.82. The van der Waals surface area contributed by atoms with E-state index < -0.39 is 0 Å². The lowest BCUT2D eigenvalue weighted by atomic mass is 10.2. The summed E-state index contributed by atoms with van der Waals surface area (Å²) in [6.45, 7) is 3.13. The molecule has 2 aromatic rings. The predicted molar refractivity (Wildman–Crippen MR) is 74.0 cm³/mol. The van der Waals surface area contributed by atoms with Crippen molar-refractivity contribution < 1.29 is 14.2 Å². The second-order valence-electron chi connectivity index (χ2n) is 4.66. The minimum atomic E-state index is 0.282. The maximum absolute atomic E-state index is 6.16. The molecule has 6 heteroatoms. The SMILES string of the molecule is Cc1nn(C)c(Cl)c1COCc1ccc2c(c1)OCO2. The van der Waals surface area contributed by atoms with E-state index in [1.165, 1.54) is 0 Å². The molecular formula is C14H15ClN2O3. The molecule has 0 saturated heterocycles. The summed E-state index contributed by atoms with van der Waals surface area (Å²) in [6, 6.07) is 5.79. The molecule has 0 bridgehead atoms. The molecule has 1 aromatic carbocycles. The summed E-state index contributed by atoms with van der Waals surface area (Å²) in [4.78, 5) is 0. The third-order valence-electron chi connectivity index (χ3n) is 3.22. The summed E-state index contributed by atoms with van der Waals surface area (Å²) >= 11 is 6.16. The number of hydrogen-bond donors (Lipinski definition) is 0. The first-order valence-electron chi connectivity index (χ1n) is 6.29. The Morgan fingerprint density at radius 2 is 2.10 bits per heavy atom. The van der Waals surface area contributed by atoms with Crippen LogP contribution in [0.3, 0.4) is 0 Å². The second kappa shape index (κ2) is 5.34. The van der Waals surface area contributed by atoms with Gasteiger partial charge in [0, 0.05) is 12.6 Å². The monoisotopic (exact) mass is 294 g/mol. The highest BCUT2D eigenvalue weighted by Gasteiger charge is 2.14. The summed E-state index contributed by atoms with van der Waals surface area (Å²) in [6.07, 6.45) is 0. The van der Waals surface area contributed by atoms with E-state index in [2.05, 4.69) is 5.10 Å². The Morgan fingerprint density at radius 1 is 1.30 bits per heavy atom. The van der Waals surface area contributed by atoms with Crippen LogP contribution in [0, 0.1) is 6.92 Å². The molecular weight excluding hydrogens is 280 g/mol. The van der Waals surface area contributed by atoms with Crippen molar-refractivity contribution in [1.29, 1.82) is 0 Å². The fraction of sp³-hybridized carbons (Fsp3) is 0.357. The van der Waals surface area contributed by atoms with Gasteiger partial charge < -0.3 is 14.2 Å². The number of ether oxygens (including phenoxy) is 3. The first kappa shape index (κ1) is 13.3. The van der Waals surface area contributed by atoms with E-state index in [4.69, 9.17) is 25.8 Å². The van der Waals surface area contributed by atoms with Gasteiger partial charge in [-0.3, -0.25) is 4.68 Å². The minimum Gasteiger partial charge on any atom is -0.454 e. The zero-order chi connectivity index (χ0) is 14.1. The van der Waals surface area contributed by atoms with Gasteiger partial charge >= 0.3 is 0 Å². The van der Waals surface area contributed by atoms with Crippen molar-refractivity contribution in [3.8, 4) is 11.5 Å². The van der Waals surface area contributed by atoms with Crippen molar-refractivity contribution in [1.82, 2.24) is 9.78 Å². The highest BCUT2D eigenvalue weighted by atomic mass is 35.5. The molecule has 5 nitrogen and oxygen atoms in total. The summed E-state index contributed by atoms with van der Waals surface area (Å²) < 4.78 is 18.0. The number of aryl methyl sites for hydroxylation is 2. The fourth-order valence-corrected chi connectivity index (χ4v) is 2.37. The van der Waals surface area contributed by atoms with Crippen LogP contribution in [0.15, 0.2) is 18.2 Å². The van der Waals surface area contributed by atoms with E-state index in [-0.39, 0.29) is 6.79 Å². The molecule has 1 aliphatic rings. The van der Waals surface area contributed by atoms with Crippen LogP contribution < -0.4 is 9.47 Å². The van der Waals surface area contributed by atoms with Gasteiger partial charge in [-0.2, -0.15) is 5.10 Å². The van der Waals surface area contributed by atoms with Gasteiger partial charge in [-0.15, -0.1) is 0 Å². The molecule has 0 spiro atoms. The van der Waals surface area contributed by atoms with Crippen LogP contribution in [0.2, 0.25) is 5.15 Å². The Morgan fingerprint density at radius 3 is 2.85 bits per heavy atom. The number of fused-ring (bicyclic) bond motifs is 1. The zero-order valence-corrected chi connectivity index (χ0v) is 12.1. The molecule has 106 valence electrons. The van der Waals surface area contributed by atoms with E-state index in [1.54, 1.807) is 4.68 Å². The largest absolute Gasteiger partial charge is 0.454 e. The number of benzene rings is 1. The zero-order valence-electron chi connectivity index (χ0n) is 11.4. The second-order valence-corrected chi connectivity index (χ2v) is 5.02. The number of aromatic nitrogens is 2. The quantitative estimate of drug-likeness (QED) is 0.870. The van der Waals surface area contributed by atoms with Crippen LogP contribution in [0.4, 0.5) is 0 Å². The molecule has 0 atom stereocenters. The van der Waals surface area contributed by atoms with Gasteiger partial charge in [0.15, 0.2) is 11.5 Å². The predicted octanol–water partition coefficient (Wildman–Crippen LogP) is 2.83. The van der Waals surface area contributed by atoms with Crippen LogP contribution in [-0.2, 0) is 25.0 Å². The maximum atomic E-state index is 6.16. The topological polar surface area (TPSA) is 45.5 Å². The number of rotatable bonds is 4. The van der Waals surface area contributed by atoms with E-state index >= 15 is 0 Å². The van der Waals surface area contributed by atoms with E-state index in [1.807, 2.05) is 32.2 Å². The standard InChI is InChI=1S/C14H15ClN2O3/c1-9-11(14(15)17(2)16-9)7-18-6-10-3-4-12-13(5-10)20-8-19-12/h3-5H,6-8H2,1-2H3. The number of halogens is 1. The number of hydrogen-bond acceptors (Lipinski definition) is 4. The Bertz CT molecular complexity index is 640. The van der Waals surface area contributed by atoms with E-state index in [0.29, 0.717) is 18.4 Å². The normalized spacial score (nSPS) is 12.9. The van der Waals surface area contributed by atoms with Gasteiger partial charge in [-0.05, 0) is 24.6 Å². The average Bonchev–Trinajstić information content (AvgIpc) is 2.98. The maximum Gasteiger partial charge on any atom is 0.231 e. The molecule has 1 aliphatic heterocycles. The highest BCUT2D eigenvalue weighted by molar-refractivity contribution is 6.30. The summed E-state index contributed by atoms with van der Waals surface area (Å²) in [5.41, 5.74) is 2.85. The van der Waals surface area contributed by atoms with E-state index in [0.717, 1.165) is 28.3 Å². The van der Waals surface area contributed by atoms with Crippen molar-refractivity contribution in [2.24, 2.45) is 7.05 Å². The fourth-order valence-electron chi connectivity index (χ4n) is 2.14. The van der Waals surface area contributed by atoms with Crippen molar-refractivity contribution in [3.63, 3.8) is 0 Å². The van der Waals surface area contributed by atoms with Gasteiger partial charge in [0.25, 0.3) is 0 Å². The third-order valence-corrected chi connectivity index (χ3v) is 3.69. The Kier molecular flexibility index (Phi) is 3.54. The van der Waals surface area contributed by atoms with Crippen molar-refractivity contribution in [3.05, 3.63) is 40.2 Å². The highest BCUT2D eigenvalue weighted by Crippen LogP contribution is 2.32. The minimum absolute atomic E-state index is 0.282. The van der Waals surface area contributed by atoms with Crippen molar-refractivity contribution in [2.75, 3.05) is 6.79 Å². The van der Waals surface area contributed by atoms with E-state index in [9.17, 15) is 0 Å². The molecule has 20 heavy (non-hydrogen) atoms. The van der Waals surface area contributed by atoms with Gasteiger partial charge in [0.05, 0.1) is 18.9 Å². The summed E-state index contributed by atoms with van der Waals surface area (Å²) in [5.74, 6) is 1.54. The first-order valence-corrected chi connectivity index (χ1v) is 6.67. The van der Waals surface area contributed by atoms with Gasteiger partial charge in [-0.1, -0.05) is 17.7 Å². The molecule has 0 saturated carbocycles. The molecule has 3 rings (SSSR count). The first-order chi connectivity index (χ1) is 9.65. The van der Waals surface area contributed by atoms with Crippen LogP contribution in [0.25, 0.3) is 0 Å². The lowest BCUT2D eigenvalue weighted by Gasteiger charge is -2.05. The molecule has 0 radical (unpaired) electrons. The Balaban J connectivity index is 1.63. The Hall–Kier alpha value is -1.72. The third kappa shape index (κ3) is 2.46. The van der Waals surface area contributed by atoms with Gasteiger partial charge in [-0.25, -0.2) is 0 Å². The summed E-state index contributed by atoms with van der Waals surface area (Å²) in [5, 5.41) is 4.87. The van der Waals surface area contributed by atoms with Crippen molar-refractivity contribution >= 4 is 11.6 Å². The molecule has 0 fully saturated rings. The van der Waals surface area contributed by atoms with Gasteiger partial charge in [0.1, 0.15) is 5.15 Å². The lowest BCUT2D eigenvalue weighted by Crippen LogP contribution is -1.96. The molecule has 1 aromatic heterocycles. The van der Waals surface area contributed by atoms with Crippen molar-refractivity contribution in [2.45, 2.75) is 20.1 Å². The molecule has 0 amide bonds.